The highest BCUT2D eigenvalue weighted by molar-refractivity contribution is 6.09. The van der Waals surface area contributed by atoms with Crippen molar-refractivity contribution in [3.8, 4) is 17.2 Å². The number of methoxy groups -OCH3 is 3. The molecule has 0 radical (unpaired) electrons. The molecule has 258 valence electrons. The van der Waals surface area contributed by atoms with Gasteiger partial charge in [0.05, 0.1) is 21.3 Å². The monoisotopic (exact) mass is 676 g/mol. The van der Waals surface area contributed by atoms with Crippen molar-refractivity contribution in [2.75, 3.05) is 34.5 Å². The van der Waals surface area contributed by atoms with Crippen LogP contribution in [0.4, 0.5) is 0 Å². The van der Waals surface area contributed by atoms with Crippen molar-refractivity contribution < 1.29 is 23.7 Å². The molecule has 51 heavy (non-hydrogen) atoms. The molecule has 1 saturated heterocycles. The number of ketones is 1. The van der Waals surface area contributed by atoms with Gasteiger partial charge < -0.3 is 18.9 Å². The molecular formula is C46H44O5. The van der Waals surface area contributed by atoms with E-state index in [4.69, 9.17) is 18.9 Å². The molecule has 0 aromatic heterocycles. The van der Waals surface area contributed by atoms with Crippen LogP contribution in [0.15, 0.2) is 164 Å². The average molecular weight is 677 g/mol. The van der Waals surface area contributed by atoms with E-state index in [9.17, 15) is 4.79 Å². The van der Waals surface area contributed by atoms with Crippen LogP contribution in [0.3, 0.4) is 0 Å². The second-order valence-corrected chi connectivity index (χ2v) is 11.7. The molecule has 0 N–H and O–H groups in total. The van der Waals surface area contributed by atoms with Gasteiger partial charge in [-0.2, -0.15) is 0 Å². The van der Waals surface area contributed by atoms with Gasteiger partial charge >= 0.3 is 0 Å². The first-order chi connectivity index (χ1) is 25.1. The van der Waals surface area contributed by atoms with Crippen LogP contribution in [0.2, 0.25) is 0 Å². The Bertz CT molecular complexity index is 1830. The summed E-state index contributed by atoms with van der Waals surface area (Å²) in [7, 11) is 4.99. The summed E-state index contributed by atoms with van der Waals surface area (Å²) in [4.78, 5) is 12.0. The Hall–Kier alpha value is -5.91. The maximum absolute atomic E-state index is 12.0. The fraction of sp³-hybridized carbons (Fsp3) is 0.152. The summed E-state index contributed by atoms with van der Waals surface area (Å²) < 4.78 is 20.7. The molecule has 6 aromatic rings. The predicted octanol–water partition coefficient (Wildman–Crippen LogP) is 10.4. The van der Waals surface area contributed by atoms with E-state index in [1.54, 1.807) is 45.6 Å². The molecule has 6 aromatic carbocycles. The molecule has 7 rings (SSSR count). The lowest BCUT2D eigenvalue weighted by Crippen LogP contribution is -2.00. The zero-order valence-electron chi connectivity index (χ0n) is 29.5. The van der Waals surface area contributed by atoms with Gasteiger partial charge in [0.2, 0.25) is 0 Å². The molecule has 5 heteroatoms. The Labute approximate surface area is 301 Å². The Kier molecular flexibility index (Phi) is 13.8. The fourth-order valence-corrected chi connectivity index (χ4v) is 5.64. The number of hydrogen-bond donors (Lipinski definition) is 0. The van der Waals surface area contributed by atoms with Crippen molar-refractivity contribution in [3.05, 3.63) is 197 Å². The molecule has 0 atom stereocenters. The molecule has 1 fully saturated rings. The molecule has 5 nitrogen and oxygen atoms in total. The van der Waals surface area contributed by atoms with Crippen molar-refractivity contribution in [2.45, 2.75) is 12.8 Å². The first kappa shape index (κ1) is 36.4. The second kappa shape index (κ2) is 19.3. The van der Waals surface area contributed by atoms with Crippen LogP contribution in [0.1, 0.15) is 51.0 Å². The Morgan fingerprint density at radius 3 is 0.961 bits per heavy atom. The van der Waals surface area contributed by atoms with Gasteiger partial charge in [-0.3, -0.25) is 4.79 Å². The normalized spacial score (nSPS) is 12.2. The number of ether oxygens (including phenoxy) is 4. The quantitative estimate of drug-likeness (QED) is 0.113. The van der Waals surface area contributed by atoms with Gasteiger partial charge in [0.25, 0.3) is 0 Å². The molecule has 1 aliphatic heterocycles. The van der Waals surface area contributed by atoms with E-state index in [2.05, 4.69) is 72.8 Å². The van der Waals surface area contributed by atoms with Gasteiger partial charge in [0.15, 0.2) is 5.78 Å². The fourth-order valence-electron chi connectivity index (χ4n) is 5.64. The minimum Gasteiger partial charge on any atom is -0.497 e. The molecule has 0 bridgehead atoms. The van der Waals surface area contributed by atoms with Crippen LogP contribution in [0.25, 0.3) is 11.1 Å². The summed E-state index contributed by atoms with van der Waals surface area (Å²) >= 11 is 0. The van der Waals surface area contributed by atoms with Gasteiger partial charge in [-0.1, -0.05) is 115 Å². The smallest absolute Gasteiger partial charge is 0.193 e. The van der Waals surface area contributed by atoms with Gasteiger partial charge in [0.1, 0.15) is 17.2 Å². The number of rotatable bonds is 9. The first-order valence-electron chi connectivity index (χ1n) is 17.1. The van der Waals surface area contributed by atoms with E-state index in [-0.39, 0.29) is 5.78 Å². The lowest BCUT2D eigenvalue weighted by atomic mass is 9.86. The summed E-state index contributed by atoms with van der Waals surface area (Å²) in [6.45, 7) is 2.00. The third-order valence-electron chi connectivity index (χ3n) is 8.35. The molecule has 1 aliphatic rings. The first-order valence-corrected chi connectivity index (χ1v) is 17.1. The van der Waals surface area contributed by atoms with E-state index < -0.39 is 0 Å². The highest BCUT2D eigenvalue weighted by Crippen LogP contribution is 2.37. The largest absolute Gasteiger partial charge is 0.497 e. The lowest BCUT2D eigenvalue weighted by Gasteiger charge is -2.18. The molecule has 0 saturated carbocycles. The summed E-state index contributed by atoms with van der Waals surface area (Å²) in [5, 5.41) is 0. The third-order valence-corrected chi connectivity index (χ3v) is 8.35. The minimum absolute atomic E-state index is 0.0308. The number of carbonyl (C=O) groups is 1. The summed E-state index contributed by atoms with van der Waals surface area (Å²) in [6, 6.07) is 53.9. The lowest BCUT2D eigenvalue weighted by molar-refractivity contribution is 0.103. The molecule has 1 heterocycles. The van der Waals surface area contributed by atoms with Crippen molar-refractivity contribution in [3.63, 3.8) is 0 Å². The molecule has 0 unspecified atom stereocenters. The predicted molar refractivity (Wildman–Crippen MR) is 207 cm³/mol. The number of hydrogen-bond acceptors (Lipinski definition) is 5. The molecular weight excluding hydrogens is 633 g/mol. The van der Waals surface area contributed by atoms with E-state index in [1.165, 1.54) is 24.0 Å². The van der Waals surface area contributed by atoms with E-state index >= 15 is 0 Å². The molecule has 0 aliphatic carbocycles. The van der Waals surface area contributed by atoms with Crippen molar-refractivity contribution in [1.82, 2.24) is 0 Å². The van der Waals surface area contributed by atoms with Crippen LogP contribution in [0, 0.1) is 0 Å². The van der Waals surface area contributed by atoms with Gasteiger partial charge in [-0.15, -0.1) is 0 Å². The SMILES string of the molecule is C1CCOC1.COc1ccc(/C(=C(\c2ccccc2)c2ccc(OC)cc2)c2ccccc2)cc1.COc1ccc(C(=O)c2ccccc2)cc1. The van der Waals surface area contributed by atoms with Gasteiger partial charge in [-0.25, -0.2) is 0 Å². The maximum Gasteiger partial charge on any atom is 0.193 e. The van der Waals surface area contributed by atoms with E-state index in [0.29, 0.717) is 11.1 Å². The van der Waals surface area contributed by atoms with Crippen LogP contribution in [0.5, 0.6) is 17.2 Å². The highest BCUT2D eigenvalue weighted by atomic mass is 16.5. The zero-order chi connectivity index (χ0) is 35.7. The van der Waals surface area contributed by atoms with Crippen LogP contribution < -0.4 is 14.2 Å². The maximum atomic E-state index is 12.0. The second-order valence-electron chi connectivity index (χ2n) is 11.7. The van der Waals surface area contributed by atoms with E-state index in [1.807, 2.05) is 66.7 Å². The summed E-state index contributed by atoms with van der Waals surface area (Å²) in [5.74, 6) is 2.47. The molecule has 0 amide bonds. The van der Waals surface area contributed by atoms with Crippen molar-refractivity contribution >= 4 is 16.9 Å². The standard InChI is InChI=1S/C28H24O2.C14H12O2.C4H8O/c1-29-25-17-13-23(14-18-25)27(21-9-5-3-6-10-21)28(22-11-7-4-8-12-22)24-15-19-26(30-2)20-16-24;1-16-13-9-7-12(8-10-13)14(15)11-5-3-2-4-6-11;1-2-4-5-3-1/h3-20H,1-2H3;2-10H,1H3;1-4H2/b28-27+;;. The minimum atomic E-state index is 0.0308. The Morgan fingerprint density at radius 1 is 0.392 bits per heavy atom. The topological polar surface area (TPSA) is 54.0 Å². The van der Waals surface area contributed by atoms with Crippen LogP contribution in [-0.4, -0.2) is 40.3 Å². The zero-order valence-corrected chi connectivity index (χ0v) is 29.5. The van der Waals surface area contributed by atoms with Gasteiger partial charge in [-0.05, 0) is 94.8 Å². The van der Waals surface area contributed by atoms with E-state index in [0.717, 1.165) is 52.7 Å². The van der Waals surface area contributed by atoms with Gasteiger partial charge in [0, 0.05) is 24.3 Å². The van der Waals surface area contributed by atoms with Crippen molar-refractivity contribution in [2.24, 2.45) is 0 Å². The van der Waals surface area contributed by atoms with Crippen molar-refractivity contribution in [1.29, 1.82) is 0 Å². The van der Waals surface area contributed by atoms with Crippen LogP contribution in [-0.2, 0) is 4.74 Å². The third kappa shape index (κ3) is 10.3. The average Bonchev–Trinajstić information content (AvgIpc) is 3.82. The van der Waals surface area contributed by atoms with Crippen LogP contribution >= 0.6 is 0 Å². The Morgan fingerprint density at radius 2 is 0.667 bits per heavy atom. The number of carbonyl (C=O) groups excluding carboxylic acids is 1. The molecule has 0 spiro atoms. The highest BCUT2D eigenvalue weighted by Gasteiger charge is 2.16. The number of benzene rings is 6. The Balaban J connectivity index is 0.000000199. The summed E-state index contributed by atoms with van der Waals surface area (Å²) in [5.41, 5.74) is 8.33. The summed E-state index contributed by atoms with van der Waals surface area (Å²) in [6.07, 6.45) is 2.56.